The average Bonchev–Trinajstić information content (AvgIpc) is 3.05. The van der Waals surface area contributed by atoms with Crippen LogP contribution in [0, 0.1) is 5.92 Å². The van der Waals surface area contributed by atoms with Gasteiger partial charge in [0.25, 0.3) is 0 Å². The molecule has 0 spiro atoms. The van der Waals surface area contributed by atoms with Crippen LogP contribution in [-0.4, -0.2) is 31.0 Å². The topological polar surface area (TPSA) is 36.4 Å². The largest absolute Gasteiger partial charge is 0.355 e. The van der Waals surface area contributed by atoms with Gasteiger partial charge in [-0.1, -0.05) is 20.3 Å². The second-order valence-corrected chi connectivity index (χ2v) is 6.05. The Hall–Kier alpha value is -1.58. The SMILES string of the molecule is CCC(C)CCC(=O)N(C)c1cccnc1N1CCCC1. The number of carbonyl (C=O) groups excluding carboxylic acids is 1. The van der Waals surface area contributed by atoms with Crippen molar-refractivity contribution >= 4 is 17.4 Å². The zero-order valence-electron chi connectivity index (χ0n) is 13.5. The van der Waals surface area contributed by atoms with Crippen molar-refractivity contribution in [2.24, 2.45) is 5.92 Å². The molecule has 4 heteroatoms. The van der Waals surface area contributed by atoms with Crippen molar-refractivity contribution in [1.82, 2.24) is 4.98 Å². The summed E-state index contributed by atoms with van der Waals surface area (Å²) in [6.07, 6.45) is 6.93. The summed E-state index contributed by atoms with van der Waals surface area (Å²) in [6.45, 7) is 6.45. The van der Waals surface area contributed by atoms with Gasteiger partial charge in [0.2, 0.25) is 5.91 Å². The van der Waals surface area contributed by atoms with Crippen LogP contribution in [0.3, 0.4) is 0 Å². The Bertz CT molecular complexity index is 469. The van der Waals surface area contributed by atoms with Gasteiger partial charge in [0.05, 0.1) is 5.69 Å². The van der Waals surface area contributed by atoms with Crippen molar-refractivity contribution in [3.8, 4) is 0 Å². The first-order valence-electron chi connectivity index (χ1n) is 8.10. The van der Waals surface area contributed by atoms with Gasteiger partial charge in [0.1, 0.15) is 0 Å². The summed E-state index contributed by atoms with van der Waals surface area (Å²) in [5.41, 5.74) is 0.938. The minimum absolute atomic E-state index is 0.184. The average molecular weight is 289 g/mol. The minimum atomic E-state index is 0.184. The van der Waals surface area contributed by atoms with E-state index in [4.69, 9.17) is 0 Å². The number of pyridine rings is 1. The molecule has 1 atom stereocenters. The lowest BCUT2D eigenvalue weighted by molar-refractivity contribution is -0.118. The van der Waals surface area contributed by atoms with Crippen LogP contribution >= 0.6 is 0 Å². The summed E-state index contributed by atoms with van der Waals surface area (Å²) in [5, 5.41) is 0. The molecule has 4 nitrogen and oxygen atoms in total. The molecule has 21 heavy (non-hydrogen) atoms. The molecular weight excluding hydrogens is 262 g/mol. The number of amides is 1. The predicted molar refractivity (Wildman–Crippen MR) is 87.8 cm³/mol. The third kappa shape index (κ3) is 3.96. The smallest absolute Gasteiger partial charge is 0.226 e. The zero-order valence-corrected chi connectivity index (χ0v) is 13.5. The fourth-order valence-corrected chi connectivity index (χ4v) is 2.70. The van der Waals surface area contributed by atoms with E-state index in [2.05, 4.69) is 23.7 Å². The van der Waals surface area contributed by atoms with E-state index in [1.165, 1.54) is 12.8 Å². The lowest BCUT2D eigenvalue weighted by Gasteiger charge is -2.25. The van der Waals surface area contributed by atoms with Crippen molar-refractivity contribution in [2.75, 3.05) is 29.9 Å². The molecule has 0 aromatic carbocycles. The Balaban J connectivity index is 2.07. The number of hydrogen-bond donors (Lipinski definition) is 0. The van der Waals surface area contributed by atoms with Gasteiger partial charge >= 0.3 is 0 Å². The first kappa shape index (κ1) is 15.8. The molecule has 0 radical (unpaired) electrons. The monoisotopic (exact) mass is 289 g/mol. The van der Waals surface area contributed by atoms with Crippen molar-refractivity contribution in [3.05, 3.63) is 18.3 Å². The Morgan fingerprint density at radius 1 is 1.43 bits per heavy atom. The molecule has 1 aliphatic rings. The summed E-state index contributed by atoms with van der Waals surface area (Å²) in [4.78, 5) is 21.0. The summed E-state index contributed by atoms with van der Waals surface area (Å²) in [7, 11) is 1.87. The van der Waals surface area contributed by atoms with Crippen LogP contribution in [0.15, 0.2) is 18.3 Å². The van der Waals surface area contributed by atoms with Crippen LogP contribution in [-0.2, 0) is 4.79 Å². The molecule has 116 valence electrons. The molecule has 1 fully saturated rings. The number of carbonyl (C=O) groups is 1. The second-order valence-electron chi connectivity index (χ2n) is 6.05. The van der Waals surface area contributed by atoms with Crippen LogP contribution in [0.1, 0.15) is 46.0 Å². The first-order valence-corrected chi connectivity index (χ1v) is 8.10. The van der Waals surface area contributed by atoms with Gasteiger partial charge in [-0.25, -0.2) is 4.98 Å². The summed E-state index contributed by atoms with van der Waals surface area (Å²) < 4.78 is 0. The van der Waals surface area contributed by atoms with Gasteiger partial charge in [-0.3, -0.25) is 4.79 Å². The van der Waals surface area contributed by atoms with Crippen LogP contribution in [0.4, 0.5) is 11.5 Å². The van der Waals surface area contributed by atoms with Crippen LogP contribution in [0.2, 0.25) is 0 Å². The third-order valence-corrected chi connectivity index (χ3v) is 4.46. The standard InChI is InChI=1S/C17H27N3O/c1-4-14(2)9-10-16(21)19(3)15-8-7-11-18-17(15)20-12-5-6-13-20/h7-8,11,14H,4-6,9-10,12-13H2,1-3H3. The Kier molecular flexibility index (Phi) is 5.59. The van der Waals surface area contributed by atoms with E-state index in [1.807, 2.05) is 25.4 Å². The quantitative estimate of drug-likeness (QED) is 0.804. The van der Waals surface area contributed by atoms with Crippen LogP contribution < -0.4 is 9.80 Å². The number of rotatable bonds is 6. The summed E-state index contributed by atoms with van der Waals surface area (Å²) >= 11 is 0. The van der Waals surface area contributed by atoms with E-state index in [0.29, 0.717) is 12.3 Å². The Morgan fingerprint density at radius 2 is 2.14 bits per heavy atom. The minimum Gasteiger partial charge on any atom is -0.355 e. The van der Waals surface area contributed by atoms with E-state index in [-0.39, 0.29) is 5.91 Å². The molecule has 0 aliphatic carbocycles. The number of nitrogens with zero attached hydrogens (tertiary/aromatic N) is 3. The Morgan fingerprint density at radius 3 is 2.81 bits per heavy atom. The third-order valence-electron chi connectivity index (χ3n) is 4.46. The molecule has 2 heterocycles. The van der Waals surface area contributed by atoms with Gasteiger partial charge in [0.15, 0.2) is 5.82 Å². The van der Waals surface area contributed by atoms with Gasteiger partial charge in [-0.2, -0.15) is 0 Å². The maximum absolute atomic E-state index is 12.4. The van der Waals surface area contributed by atoms with Gasteiger partial charge in [-0.05, 0) is 37.3 Å². The van der Waals surface area contributed by atoms with Gasteiger partial charge < -0.3 is 9.80 Å². The molecule has 0 N–H and O–H groups in total. The fourth-order valence-electron chi connectivity index (χ4n) is 2.70. The second kappa shape index (κ2) is 7.43. The van der Waals surface area contributed by atoms with E-state index in [0.717, 1.165) is 37.4 Å². The lowest BCUT2D eigenvalue weighted by Crippen LogP contribution is -2.29. The Labute approximate surface area is 128 Å². The fraction of sp³-hybridized carbons (Fsp3) is 0.647. The molecule has 0 bridgehead atoms. The van der Waals surface area contributed by atoms with Crippen molar-refractivity contribution in [2.45, 2.75) is 46.0 Å². The van der Waals surface area contributed by atoms with Crippen LogP contribution in [0.5, 0.6) is 0 Å². The van der Waals surface area contributed by atoms with Crippen molar-refractivity contribution in [3.63, 3.8) is 0 Å². The molecule has 1 saturated heterocycles. The highest BCUT2D eigenvalue weighted by Gasteiger charge is 2.21. The van der Waals surface area contributed by atoms with E-state index in [1.54, 1.807) is 4.90 Å². The summed E-state index contributed by atoms with van der Waals surface area (Å²) in [6, 6.07) is 3.91. The molecule has 1 aromatic rings. The van der Waals surface area contributed by atoms with E-state index >= 15 is 0 Å². The lowest BCUT2D eigenvalue weighted by atomic mass is 10.0. The highest BCUT2D eigenvalue weighted by Crippen LogP contribution is 2.29. The number of aromatic nitrogens is 1. The van der Waals surface area contributed by atoms with Gasteiger partial charge in [0, 0.05) is 32.8 Å². The highest BCUT2D eigenvalue weighted by molar-refractivity contribution is 5.95. The molecular formula is C17H27N3O. The molecule has 2 rings (SSSR count). The number of hydrogen-bond acceptors (Lipinski definition) is 3. The van der Waals surface area contributed by atoms with Gasteiger partial charge in [-0.15, -0.1) is 0 Å². The molecule has 1 aliphatic heterocycles. The van der Waals surface area contributed by atoms with E-state index in [9.17, 15) is 4.79 Å². The zero-order chi connectivity index (χ0) is 15.2. The number of anilines is 2. The molecule has 0 saturated carbocycles. The maximum Gasteiger partial charge on any atom is 0.226 e. The molecule has 1 unspecified atom stereocenters. The van der Waals surface area contributed by atoms with Crippen molar-refractivity contribution in [1.29, 1.82) is 0 Å². The predicted octanol–water partition coefficient (Wildman–Crippen LogP) is 3.47. The van der Waals surface area contributed by atoms with Crippen LogP contribution in [0.25, 0.3) is 0 Å². The molecule has 1 amide bonds. The summed E-state index contributed by atoms with van der Waals surface area (Å²) in [5.74, 6) is 1.74. The van der Waals surface area contributed by atoms with Crippen molar-refractivity contribution < 1.29 is 4.79 Å². The normalized spacial score (nSPS) is 16.0. The van der Waals surface area contributed by atoms with E-state index < -0.39 is 0 Å². The maximum atomic E-state index is 12.4. The highest BCUT2D eigenvalue weighted by atomic mass is 16.2. The molecule has 1 aromatic heterocycles. The first-order chi connectivity index (χ1) is 10.1.